The van der Waals surface area contributed by atoms with Crippen molar-refractivity contribution in [3.63, 3.8) is 0 Å². The Morgan fingerprint density at radius 3 is 2.48 bits per heavy atom. The molecule has 146 valence electrons. The smallest absolute Gasteiger partial charge is 0.273 e. The van der Waals surface area contributed by atoms with Gasteiger partial charge in [-0.15, -0.1) is 0 Å². The molecule has 0 radical (unpaired) electrons. The molecule has 2 aromatic rings. The Hall–Kier alpha value is -2.83. The minimum Gasteiger partial charge on any atom is -0.486 e. The number of hydrogen-bond donors (Lipinski definition) is 2. The van der Waals surface area contributed by atoms with Gasteiger partial charge in [-0.25, -0.2) is 0 Å². The standard InChI is InChI=1S/C20H27N3O4/c1-6-13(2)21-18(24)17-11-16(27-23-17)12-26-15-9-7-14(8-10-15)22-19(25)20(3,4)5/h7-11,13H,6,12H2,1-5H3,(H,21,24)(H,22,25)/t13-/m0/s1. The van der Waals surface area contributed by atoms with E-state index in [1.807, 2.05) is 34.6 Å². The Labute approximate surface area is 159 Å². The summed E-state index contributed by atoms with van der Waals surface area (Å²) < 4.78 is 10.8. The van der Waals surface area contributed by atoms with E-state index in [9.17, 15) is 9.59 Å². The van der Waals surface area contributed by atoms with E-state index in [1.54, 1.807) is 30.3 Å². The molecule has 7 heteroatoms. The third kappa shape index (κ3) is 6.13. The van der Waals surface area contributed by atoms with Crippen LogP contribution in [0, 0.1) is 5.41 Å². The normalized spacial score (nSPS) is 12.3. The predicted octanol–water partition coefficient (Wildman–Crippen LogP) is 3.77. The van der Waals surface area contributed by atoms with Crippen molar-refractivity contribution < 1.29 is 18.8 Å². The molecule has 1 aromatic heterocycles. The molecule has 2 rings (SSSR count). The first kappa shape index (κ1) is 20.5. The van der Waals surface area contributed by atoms with Crippen LogP contribution in [0.3, 0.4) is 0 Å². The molecule has 0 aliphatic heterocycles. The van der Waals surface area contributed by atoms with Crippen molar-refractivity contribution in [3.05, 3.63) is 41.8 Å². The molecule has 27 heavy (non-hydrogen) atoms. The average Bonchev–Trinajstić information content (AvgIpc) is 3.09. The van der Waals surface area contributed by atoms with Gasteiger partial charge in [-0.3, -0.25) is 9.59 Å². The van der Waals surface area contributed by atoms with Crippen LogP contribution in [0.1, 0.15) is 57.3 Å². The van der Waals surface area contributed by atoms with Gasteiger partial charge < -0.3 is 19.9 Å². The Morgan fingerprint density at radius 2 is 1.89 bits per heavy atom. The lowest BCUT2D eigenvalue weighted by molar-refractivity contribution is -0.123. The van der Waals surface area contributed by atoms with Crippen LogP contribution in [-0.2, 0) is 11.4 Å². The lowest BCUT2D eigenvalue weighted by atomic mass is 9.95. The molecule has 0 unspecified atom stereocenters. The molecule has 2 N–H and O–H groups in total. The molecule has 0 aliphatic carbocycles. The minimum absolute atomic E-state index is 0.0546. The number of anilines is 1. The van der Waals surface area contributed by atoms with Gasteiger partial charge in [-0.05, 0) is 37.6 Å². The van der Waals surface area contributed by atoms with Crippen molar-refractivity contribution in [3.8, 4) is 5.75 Å². The van der Waals surface area contributed by atoms with E-state index in [-0.39, 0.29) is 30.2 Å². The summed E-state index contributed by atoms with van der Waals surface area (Å²) in [6.07, 6.45) is 0.839. The van der Waals surface area contributed by atoms with Gasteiger partial charge in [0, 0.05) is 23.2 Å². The summed E-state index contributed by atoms with van der Waals surface area (Å²) in [5.41, 5.74) is 0.473. The zero-order valence-electron chi connectivity index (χ0n) is 16.5. The van der Waals surface area contributed by atoms with Crippen LogP contribution in [-0.4, -0.2) is 23.0 Å². The molecule has 0 saturated carbocycles. The second-order valence-corrected chi connectivity index (χ2v) is 7.48. The zero-order valence-corrected chi connectivity index (χ0v) is 16.5. The summed E-state index contributed by atoms with van der Waals surface area (Å²) in [4.78, 5) is 24.0. The molecule has 0 bridgehead atoms. The fourth-order valence-electron chi connectivity index (χ4n) is 2.00. The first-order chi connectivity index (χ1) is 12.7. The number of amides is 2. The Kier molecular flexibility index (Phi) is 6.60. The molecule has 2 amide bonds. The van der Waals surface area contributed by atoms with Gasteiger partial charge in [0.05, 0.1) is 0 Å². The molecule has 0 aliphatic rings. The largest absolute Gasteiger partial charge is 0.486 e. The Bertz CT molecular complexity index is 775. The first-order valence-electron chi connectivity index (χ1n) is 9.00. The number of benzene rings is 1. The monoisotopic (exact) mass is 373 g/mol. The molecule has 0 saturated heterocycles. The van der Waals surface area contributed by atoms with Crippen LogP contribution < -0.4 is 15.4 Å². The fourth-order valence-corrected chi connectivity index (χ4v) is 2.00. The van der Waals surface area contributed by atoms with Gasteiger partial charge in [-0.2, -0.15) is 0 Å². The lowest BCUT2D eigenvalue weighted by Crippen LogP contribution is -2.32. The van der Waals surface area contributed by atoms with Crippen molar-refractivity contribution in [2.45, 2.75) is 53.7 Å². The van der Waals surface area contributed by atoms with Crippen molar-refractivity contribution in [2.24, 2.45) is 5.41 Å². The molecule has 1 heterocycles. The highest BCUT2D eigenvalue weighted by atomic mass is 16.5. The molecule has 0 spiro atoms. The van der Waals surface area contributed by atoms with Gasteiger partial charge in [-0.1, -0.05) is 32.9 Å². The summed E-state index contributed by atoms with van der Waals surface area (Å²) in [7, 11) is 0. The van der Waals surface area contributed by atoms with Crippen LogP contribution in [0.4, 0.5) is 5.69 Å². The average molecular weight is 373 g/mol. The number of nitrogens with zero attached hydrogens (tertiary/aromatic N) is 1. The summed E-state index contributed by atoms with van der Waals surface area (Å²) in [6, 6.07) is 8.69. The maximum absolute atomic E-state index is 12.0. The van der Waals surface area contributed by atoms with Crippen LogP contribution in [0.15, 0.2) is 34.9 Å². The number of carbonyl (C=O) groups is 2. The van der Waals surface area contributed by atoms with Gasteiger partial charge in [0.2, 0.25) is 5.91 Å². The number of hydrogen-bond acceptors (Lipinski definition) is 5. The summed E-state index contributed by atoms with van der Waals surface area (Å²) >= 11 is 0. The molecular weight excluding hydrogens is 346 g/mol. The highest BCUT2D eigenvalue weighted by molar-refractivity contribution is 5.94. The maximum atomic E-state index is 12.0. The summed E-state index contributed by atoms with van der Waals surface area (Å²) in [5.74, 6) is 0.750. The van der Waals surface area contributed by atoms with Gasteiger partial charge in [0.1, 0.15) is 12.4 Å². The van der Waals surface area contributed by atoms with E-state index in [4.69, 9.17) is 9.26 Å². The van der Waals surface area contributed by atoms with E-state index in [0.29, 0.717) is 17.2 Å². The Balaban J connectivity index is 1.88. The maximum Gasteiger partial charge on any atom is 0.273 e. The lowest BCUT2D eigenvalue weighted by Gasteiger charge is -2.17. The summed E-state index contributed by atoms with van der Waals surface area (Å²) in [6.45, 7) is 9.64. The van der Waals surface area contributed by atoms with Crippen molar-refractivity contribution >= 4 is 17.5 Å². The highest BCUT2D eigenvalue weighted by Gasteiger charge is 2.21. The van der Waals surface area contributed by atoms with Crippen LogP contribution in [0.5, 0.6) is 5.75 Å². The highest BCUT2D eigenvalue weighted by Crippen LogP contribution is 2.20. The van der Waals surface area contributed by atoms with E-state index in [2.05, 4.69) is 15.8 Å². The third-order valence-electron chi connectivity index (χ3n) is 3.96. The second kappa shape index (κ2) is 8.70. The topological polar surface area (TPSA) is 93.5 Å². The fraction of sp³-hybridized carbons (Fsp3) is 0.450. The van der Waals surface area contributed by atoms with E-state index in [1.165, 1.54) is 0 Å². The van der Waals surface area contributed by atoms with E-state index >= 15 is 0 Å². The number of rotatable bonds is 7. The van der Waals surface area contributed by atoms with Crippen LogP contribution in [0.2, 0.25) is 0 Å². The predicted molar refractivity (Wildman–Crippen MR) is 103 cm³/mol. The first-order valence-corrected chi connectivity index (χ1v) is 9.00. The molecule has 7 nitrogen and oxygen atoms in total. The van der Waals surface area contributed by atoms with E-state index < -0.39 is 5.41 Å². The van der Waals surface area contributed by atoms with Crippen molar-refractivity contribution in [1.29, 1.82) is 0 Å². The third-order valence-corrected chi connectivity index (χ3v) is 3.96. The van der Waals surface area contributed by atoms with Crippen LogP contribution in [0.25, 0.3) is 0 Å². The summed E-state index contributed by atoms with van der Waals surface area (Å²) in [5, 5.41) is 9.45. The Morgan fingerprint density at radius 1 is 1.22 bits per heavy atom. The molecule has 0 fully saturated rings. The molecule has 1 aromatic carbocycles. The van der Waals surface area contributed by atoms with E-state index in [0.717, 1.165) is 6.42 Å². The molecular formula is C20H27N3O4. The SMILES string of the molecule is CC[C@H](C)NC(=O)c1cc(COc2ccc(NC(=O)C(C)(C)C)cc2)on1. The van der Waals surface area contributed by atoms with Gasteiger partial charge >= 0.3 is 0 Å². The van der Waals surface area contributed by atoms with Crippen molar-refractivity contribution in [1.82, 2.24) is 10.5 Å². The molecule has 1 atom stereocenters. The number of carbonyl (C=O) groups excluding carboxylic acids is 2. The second-order valence-electron chi connectivity index (χ2n) is 7.48. The number of ether oxygens (including phenoxy) is 1. The van der Waals surface area contributed by atoms with Gasteiger partial charge in [0.25, 0.3) is 5.91 Å². The number of aromatic nitrogens is 1. The number of nitrogens with one attached hydrogen (secondary N) is 2. The zero-order chi connectivity index (χ0) is 20.0. The van der Waals surface area contributed by atoms with Crippen LogP contribution >= 0.6 is 0 Å². The minimum atomic E-state index is -0.458. The quantitative estimate of drug-likeness (QED) is 0.771. The van der Waals surface area contributed by atoms with Gasteiger partial charge in [0.15, 0.2) is 11.5 Å². The van der Waals surface area contributed by atoms with Crippen molar-refractivity contribution in [2.75, 3.05) is 5.32 Å².